The monoisotopic (exact) mass is 649 g/mol. The number of amides is 2. The average molecular weight is 650 g/mol. The van der Waals surface area contributed by atoms with E-state index in [-0.39, 0.29) is 40.9 Å². The van der Waals surface area contributed by atoms with E-state index in [0.717, 1.165) is 63.6 Å². The Balaban J connectivity index is 1.07. The molecule has 1 saturated heterocycles. The molecule has 1 aromatic carbocycles. The first-order chi connectivity index (χ1) is 22.6. The maximum atomic E-state index is 14.0. The zero-order chi connectivity index (χ0) is 33.2. The van der Waals surface area contributed by atoms with Crippen LogP contribution in [0, 0.1) is 34.5 Å². The molecule has 6 rings (SSSR count). The zero-order valence-electron chi connectivity index (χ0n) is 29.5. The normalized spacial score (nSPS) is 37.8. The number of hydrogen-bond donors (Lipinski definition) is 3. The van der Waals surface area contributed by atoms with Crippen LogP contribution in [0.5, 0.6) is 0 Å². The summed E-state index contributed by atoms with van der Waals surface area (Å²) >= 11 is 0. The van der Waals surface area contributed by atoms with E-state index in [9.17, 15) is 19.8 Å². The van der Waals surface area contributed by atoms with Crippen LogP contribution < -0.4 is 5.32 Å². The molecular weight excluding hydrogens is 586 g/mol. The highest BCUT2D eigenvalue weighted by Gasteiger charge is 2.61. The van der Waals surface area contributed by atoms with Gasteiger partial charge in [-0.25, -0.2) is 0 Å². The SMILES string of the molecule is CCCCCCCC(=O)N[C@@H](Cc1ccccc1)C(=O)N1CCN([C@H]2C[C@@]3(C)[C@@H](CC[C@@H]4[C@@H]3CC[C@]3(C)[C@@H](O)CC[C@@H]43)C[C@@H]2O)CC1. The fourth-order valence-corrected chi connectivity index (χ4v) is 11.3. The van der Waals surface area contributed by atoms with E-state index in [1.165, 1.54) is 38.5 Å². The Morgan fingerprint density at radius 1 is 0.894 bits per heavy atom. The van der Waals surface area contributed by atoms with Gasteiger partial charge in [0.2, 0.25) is 11.8 Å². The Hall–Kier alpha value is -1.96. The minimum Gasteiger partial charge on any atom is -0.393 e. The van der Waals surface area contributed by atoms with Crippen LogP contribution in [0.4, 0.5) is 0 Å². The lowest BCUT2D eigenvalue weighted by Gasteiger charge is -2.62. The summed E-state index contributed by atoms with van der Waals surface area (Å²) in [7, 11) is 0. The summed E-state index contributed by atoms with van der Waals surface area (Å²) in [5.74, 6) is 2.58. The number of nitrogens with zero attached hydrogens (tertiary/aromatic N) is 2. The van der Waals surface area contributed by atoms with Gasteiger partial charge in [-0.3, -0.25) is 14.5 Å². The van der Waals surface area contributed by atoms with Gasteiger partial charge in [-0.05, 0) is 97.9 Å². The van der Waals surface area contributed by atoms with Crippen molar-refractivity contribution in [3.8, 4) is 0 Å². The summed E-state index contributed by atoms with van der Waals surface area (Å²) < 4.78 is 0. The maximum absolute atomic E-state index is 14.0. The first-order valence-corrected chi connectivity index (χ1v) is 19.4. The molecule has 7 nitrogen and oxygen atoms in total. The molecule has 0 unspecified atom stereocenters. The molecule has 10 atom stereocenters. The second-order valence-electron chi connectivity index (χ2n) is 16.7. The summed E-state index contributed by atoms with van der Waals surface area (Å²) in [4.78, 5) is 31.4. The number of aliphatic hydroxyl groups excluding tert-OH is 2. The lowest BCUT2D eigenvalue weighted by atomic mass is 9.44. The van der Waals surface area contributed by atoms with E-state index in [4.69, 9.17) is 0 Å². The smallest absolute Gasteiger partial charge is 0.245 e. The standard InChI is InChI=1S/C40H63N3O4/c1-4-5-6-7-11-14-37(46)41-33(25-28-12-9-8-10-13-28)38(47)43-23-21-42(22-24-43)34-27-40(3)29(26-35(34)44)15-16-30-31-17-18-36(45)39(31,2)20-19-32(30)40/h8-10,12-13,29-36,44-45H,4-7,11,14-27H2,1-3H3,(H,41,46)/t29-,30-,31-,32-,33-,34-,35-,36-,39-,40-/m0/s1. The van der Waals surface area contributed by atoms with Crippen molar-refractivity contribution in [3.63, 3.8) is 0 Å². The number of piperazine rings is 1. The molecule has 47 heavy (non-hydrogen) atoms. The average Bonchev–Trinajstić information content (AvgIpc) is 3.38. The molecule has 1 aliphatic heterocycles. The van der Waals surface area contributed by atoms with Crippen molar-refractivity contribution >= 4 is 11.8 Å². The van der Waals surface area contributed by atoms with Crippen molar-refractivity contribution in [2.24, 2.45) is 34.5 Å². The van der Waals surface area contributed by atoms with E-state index >= 15 is 0 Å². The molecule has 7 heteroatoms. The molecule has 4 aliphatic carbocycles. The Morgan fingerprint density at radius 2 is 1.62 bits per heavy atom. The molecular formula is C40H63N3O4. The number of aliphatic hydroxyl groups is 2. The fraction of sp³-hybridized carbons (Fsp3) is 0.800. The van der Waals surface area contributed by atoms with Crippen LogP contribution in [0.3, 0.4) is 0 Å². The third-order valence-corrected chi connectivity index (χ3v) is 14.2. The number of hydrogen-bond acceptors (Lipinski definition) is 5. The molecule has 1 heterocycles. The summed E-state index contributed by atoms with van der Waals surface area (Å²) in [6.07, 6.45) is 14.8. The van der Waals surface area contributed by atoms with Gasteiger partial charge in [0.15, 0.2) is 0 Å². The van der Waals surface area contributed by atoms with Crippen molar-refractivity contribution in [2.75, 3.05) is 26.2 Å². The molecule has 0 aromatic heterocycles. The third-order valence-electron chi connectivity index (χ3n) is 14.2. The fourth-order valence-electron chi connectivity index (χ4n) is 11.3. The Labute approximate surface area is 284 Å². The highest BCUT2D eigenvalue weighted by Crippen LogP contribution is 2.66. The summed E-state index contributed by atoms with van der Waals surface area (Å²) in [5, 5.41) is 25.6. The van der Waals surface area contributed by atoms with Crippen LogP contribution in [0.2, 0.25) is 0 Å². The van der Waals surface area contributed by atoms with E-state index in [1.807, 2.05) is 35.2 Å². The van der Waals surface area contributed by atoms with Gasteiger partial charge in [0.25, 0.3) is 0 Å². The minimum absolute atomic E-state index is 0.0168. The topological polar surface area (TPSA) is 93.1 Å². The van der Waals surface area contributed by atoms with Crippen LogP contribution in [0.15, 0.2) is 30.3 Å². The molecule has 4 saturated carbocycles. The van der Waals surface area contributed by atoms with E-state index in [2.05, 4.69) is 31.0 Å². The number of benzene rings is 1. The van der Waals surface area contributed by atoms with Gasteiger partial charge in [0.1, 0.15) is 6.04 Å². The first kappa shape index (κ1) is 34.9. The molecule has 1 aromatic rings. The summed E-state index contributed by atoms with van der Waals surface area (Å²) in [5.41, 5.74) is 1.37. The highest BCUT2D eigenvalue weighted by atomic mass is 16.3. The Bertz CT molecular complexity index is 1200. The molecule has 5 fully saturated rings. The van der Waals surface area contributed by atoms with Crippen LogP contribution >= 0.6 is 0 Å². The minimum atomic E-state index is -0.558. The molecule has 0 bridgehead atoms. The largest absolute Gasteiger partial charge is 0.393 e. The van der Waals surface area contributed by atoms with Crippen molar-refractivity contribution in [1.82, 2.24) is 15.1 Å². The van der Waals surface area contributed by atoms with Gasteiger partial charge in [0, 0.05) is 45.1 Å². The van der Waals surface area contributed by atoms with Gasteiger partial charge in [0.05, 0.1) is 12.2 Å². The third kappa shape index (κ3) is 7.19. The number of nitrogens with one attached hydrogen (secondary N) is 1. The van der Waals surface area contributed by atoms with Crippen LogP contribution in [-0.4, -0.2) is 82.3 Å². The quantitative estimate of drug-likeness (QED) is 0.257. The molecule has 3 N–H and O–H groups in total. The number of rotatable bonds is 11. The highest BCUT2D eigenvalue weighted by molar-refractivity contribution is 5.88. The second kappa shape index (κ2) is 14.9. The van der Waals surface area contributed by atoms with Crippen molar-refractivity contribution < 1.29 is 19.8 Å². The van der Waals surface area contributed by atoms with Crippen LogP contribution in [0.1, 0.15) is 116 Å². The molecule has 262 valence electrons. The predicted molar refractivity (Wildman–Crippen MR) is 187 cm³/mol. The molecule has 5 aliphatic rings. The summed E-state index contributed by atoms with van der Waals surface area (Å²) in [6.45, 7) is 9.88. The van der Waals surface area contributed by atoms with Crippen molar-refractivity contribution in [3.05, 3.63) is 35.9 Å². The molecule has 2 amide bonds. The Morgan fingerprint density at radius 3 is 2.36 bits per heavy atom. The second-order valence-corrected chi connectivity index (χ2v) is 16.7. The van der Waals surface area contributed by atoms with Crippen LogP contribution in [-0.2, 0) is 16.0 Å². The first-order valence-electron chi connectivity index (χ1n) is 19.4. The maximum Gasteiger partial charge on any atom is 0.245 e. The van der Waals surface area contributed by atoms with Crippen molar-refractivity contribution in [2.45, 2.75) is 141 Å². The summed E-state index contributed by atoms with van der Waals surface area (Å²) in [6, 6.07) is 9.59. The molecule has 0 radical (unpaired) electrons. The van der Waals surface area contributed by atoms with E-state index in [0.29, 0.717) is 49.6 Å². The molecule has 0 spiro atoms. The number of unbranched alkanes of at least 4 members (excludes halogenated alkanes) is 4. The van der Waals surface area contributed by atoms with Gasteiger partial charge >= 0.3 is 0 Å². The predicted octanol–water partition coefficient (Wildman–Crippen LogP) is 5.96. The van der Waals surface area contributed by atoms with Crippen molar-refractivity contribution in [1.29, 1.82) is 0 Å². The van der Waals surface area contributed by atoms with E-state index in [1.54, 1.807) is 0 Å². The lowest BCUT2D eigenvalue weighted by Crippen LogP contribution is -2.63. The Kier molecular flexibility index (Phi) is 11.0. The van der Waals surface area contributed by atoms with Crippen LogP contribution in [0.25, 0.3) is 0 Å². The van der Waals surface area contributed by atoms with Gasteiger partial charge in [-0.15, -0.1) is 0 Å². The van der Waals surface area contributed by atoms with Gasteiger partial charge in [-0.1, -0.05) is 76.8 Å². The van der Waals surface area contributed by atoms with E-state index < -0.39 is 6.04 Å². The van der Waals surface area contributed by atoms with Gasteiger partial charge in [-0.2, -0.15) is 0 Å². The lowest BCUT2D eigenvalue weighted by molar-refractivity contribution is -0.157. The number of carbonyl (C=O) groups excluding carboxylic acids is 2. The number of fused-ring (bicyclic) bond motifs is 5. The number of carbonyl (C=O) groups is 2. The zero-order valence-corrected chi connectivity index (χ0v) is 29.5. The van der Waals surface area contributed by atoms with Gasteiger partial charge < -0.3 is 20.4 Å².